The van der Waals surface area contributed by atoms with Crippen LogP contribution in [0.1, 0.15) is 23.4 Å². The summed E-state index contributed by atoms with van der Waals surface area (Å²) in [4.78, 5) is 16.0. The zero-order chi connectivity index (χ0) is 22.6. The second kappa shape index (κ2) is 13.0. The maximum absolute atomic E-state index is 5.49. The third-order valence-electron chi connectivity index (χ3n) is 5.00. The van der Waals surface area contributed by atoms with Crippen LogP contribution in [0.15, 0.2) is 41.4 Å². The van der Waals surface area contributed by atoms with Gasteiger partial charge in [0.2, 0.25) is 11.9 Å². The third-order valence-corrected chi connectivity index (χ3v) is 5.24. The molecule has 9 heteroatoms. The van der Waals surface area contributed by atoms with E-state index >= 15 is 0 Å². The number of aliphatic imine (C=N–C) groups is 1. The van der Waals surface area contributed by atoms with Crippen LogP contribution in [-0.4, -0.2) is 71.9 Å². The minimum absolute atomic E-state index is 0.503. The number of anilines is 1. The van der Waals surface area contributed by atoms with Crippen LogP contribution in [0.5, 0.6) is 0 Å². The molecule has 8 nitrogen and oxygen atoms in total. The molecule has 0 aliphatic carbocycles. The Morgan fingerprint density at radius 1 is 1.12 bits per heavy atom. The van der Waals surface area contributed by atoms with Gasteiger partial charge in [-0.1, -0.05) is 30.3 Å². The van der Waals surface area contributed by atoms with Gasteiger partial charge in [0.25, 0.3) is 0 Å². The van der Waals surface area contributed by atoms with Crippen molar-refractivity contribution in [1.29, 1.82) is 0 Å². The van der Waals surface area contributed by atoms with Gasteiger partial charge in [0.1, 0.15) is 0 Å². The Bertz CT molecular complexity index is 865. The van der Waals surface area contributed by atoms with E-state index in [2.05, 4.69) is 47.9 Å². The predicted molar refractivity (Wildman–Crippen MR) is 133 cm³/mol. The lowest BCUT2D eigenvalue weighted by atomic mass is 10.2. The van der Waals surface area contributed by atoms with Crippen molar-refractivity contribution in [1.82, 2.24) is 25.5 Å². The number of hydrogen-bond donors (Lipinski definition) is 3. The van der Waals surface area contributed by atoms with E-state index < -0.39 is 0 Å². The predicted octanol–water partition coefficient (Wildman–Crippen LogP) is 2.29. The van der Waals surface area contributed by atoms with Crippen LogP contribution >= 0.6 is 12.2 Å². The molecular formula is C23H33N7OS. The van der Waals surface area contributed by atoms with E-state index in [1.807, 2.05) is 38.1 Å². The number of benzene rings is 1. The fourth-order valence-electron chi connectivity index (χ4n) is 3.42. The highest BCUT2D eigenvalue weighted by molar-refractivity contribution is 7.80. The highest BCUT2D eigenvalue weighted by Gasteiger charge is 2.10. The van der Waals surface area contributed by atoms with E-state index in [0.717, 1.165) is 63.6 Å². The summed E-state index contributed by atoms with van der Waals surface area (Å²) in [5, 5.41) is 10.2. The molecule has 172 valence electrons. The zero-order valence-corrected chi connectivity index (χ0v) is 19.7. The van der Waals surface area contributed by atoms with Gasteiger partial charge in [-0.05, 0) is 57.1 Å². The summed E-state index contributed by atoms with van der Waals surface area (Å²) in [5.74, 6) is 1.04. The lowest BCUT2D eigenvalue weighted by Gasteiger charge is -2.26. The number of aromatic nitrogens is 2. The number of nitrogens with one attached hydrogen (secondary N) is 3. The lowest BCUT2D eigenvalue weighted by Crippen LogP contribution is -2.44. The molecular weight excluding hydrogens is 422 g/mol. The van der Waals surface area contributed by atoms with Crippen LogP contribution in [0.2, 0.25) is 0 Å². The Balaban J connectivity index is 1.52. The molecule has 2 heterocycles. The number of morpholine rings is 1. The molecule has 3 N–H and O–H groups in total. The molecule has 1 aliphatic rings. The monoisotopic (exact) mass is 455 g/mol. The highest BCUT2D eigenvalue weighted by atomic mass is 32.1. The minimum atomic E-state index is 0.503. The molecule has 32 heavy (non-hydrogen) atoms. The normalized spacial score (nSPS) is 14.8. The summed E-state index contributed by atoms with van der Waals surface area (Å²) in [6.07, 6.45) is 1.84. The van der Waals surface area contributed by atoms with Crippen molar-refractivity contribution in [3.8, 4) is 0 Å². The molecule has 0 atom stereocenters. The van der Waals surface area contributed by atoms with E-state index in [0.29, 0.717) is 23.6 Å². The van der Waals surface area contributed by atoms with Gasteiger partial charge in [0, 0.05) is 37.6 Å². The van der Waals surface area contributed by atoms with Crippen molar-refractivity contribution in [3.05, 3.63) is 53.3 Å². The first kappa shape index (κ1) is 24.0. The standard InChI is InChI=1S/C23H33N7OS/c1-18-17-19(2)27-22(26-18)28-21(24-11-9-20-7-4-3-5-8-20)29-23(32)25-10-6-12-30-13-15-31-16-14-30/h3-5,7-8,17H,6,9-16H2,1-2H3,(H3,24,25,26,27,28,29,32). The van der Waals surface area contributed by atoms with Gasteiger partial charge >= 0.3 is 0 Å². The second-order valence-electron chi connectivity index (χ2n) is 7.75. The molecule has 1 aromatic heterocycles. The van der Waals surface area contributed by atoms with Gasteiger partial charge in [-0.25, -0.2) is 9.97 Å². The topological polar surface area (TPSA) is 86.7 Å². The summed E-state index contributed by atoms with van der Waals surface area (Å²) in [6.45, 7) is 9.97. The molecule has 3 rings (SSSR count). The molecule has 1 aliphatic heterocycles. The van der Waals surface area contributed by atoms with E-state index in [9.17, 15) is 0 Å². The Morgan fingerprint density at radius 3 is 2.56 bits per heavy atom. The quantitative estimate of drug-likeness (QED) is 0.242. The van der Waals surface area contributed by atoms with E-state index in [1.165, 1.54) is 5.56 Å². The van der Waals surface area contributed by atoms with Gasteiger partial charge in [-0.2, -0.15) is 0 Å². The largest absolute Gasteiger partial charge is 0.379 e. The smallest absolute Gasteiger partial charge is 0.229 e. The maximum Gasteiger partial charge on any atom is 0.229 e. The van der Waals surface area contributed by atoms with Crippen molar-refractivity contribution in [2.45, 2.75) is 26.7 Å². The van der Waals surface area contributed by atoms with Gasteiger partial charge < -0.3 is 15.4 Å². The van der Waals surface area contributed by atoms with Gasteiger partial charge in [-0.15, -0.1) is 0 Å². The van der Waals surface area contributed by atoms with Crippen LogP contribution in [0, 0.1) is 13.8 Å². The number of rotatable bonds is 8. The number of ether oxygens (including phenoxy) is 1. The van der Waals surface area contributed by atoms with Crippen molar-refractivity contribution in [2.24, 2.45) is 4.99 Å². The number of hydrogen-bond acceptors (Lipinski definition) is 6. The molecule has 0 bridgehead atoms. The first-order valence-corrected chi connectivity index (χ1v) is 11.5. The second-order valence-corrected chi connectivity index (χ2v) is 8.16. The van der Waals surface area contributed by atoms with Crippen LogP contribution in [0.3, 0.4) is 0 Å². The summed E-state index contributed by atoms with van der Waals surface area (Å²) < 4.78 is 5.39. The van der Waals surface area contributed by atoms with Crippen LogP contribution in [0.25, 0.3) is 0 Å². The molecule has 2 aromatic rings. The first-order chi connectivity index (χ1) is 15.6. The molecule has 0 spiro atoms. The van der Waals surface area contributed by atoms with Crippen molar-refractivity contribution in [2.75, 3.05) is 51.3 Å². The fraction of sp³-hybridized carbons (Fsp3) is 0.478. The zero-order valence-electron chi connectivity index (χ0n) is 18.9. The maximum atomic E-state index is 5.49. The van der Waals surface area contributed by atoms with Gasteiger partial charge in [-0.3, -0.25) is 15.2 Å². The van der Waals surface area contributed by atoms with Crippen molar-refractivity contribution < 1.29 is 4.74 Å². The van der Waals surface area contributed by atoms with Crippen molar-refractivity contribution in [3.63, 3.8) is 0 Å². The summed E-state index contributed by atoms with van der Waals surface area (Å²) in [6, 6.07) is 12.2. The Morgan fingerprint density at radius 2 is 1.84 bits per heavy atom. The summed E-state index contributed by atoms with van der Waals surface area (Å²) in [7, 11) is 0. The first-order valence-electron chi connectivity index (χ1n) is 11.1. The average Bonchev–Trinajstić information content (AvgIpc) is 2.77. The molecule has 0 amide bonds. The molecule has 0 unspecified atom stereocenters. The average molecular weight is 456 g/mol. The fourth-order valence-corrected chi connectivity index (χ4v) is 3.62. The van der Waals surface area contributed by atoms with E-state index in [4.69, 9.17) is 17.0 Å². The van der Waals surface area contributed by atoms with Crippen LogP contribution in [0.4, 0.5) is 5.95 Å². The Hall–Kier alpha value is -2.62. The molecule has 1 fully saturated rings. The summed E-state index contributed by atoms with van der Waals surface area (Å²) in [5.41, 5.74) is 3.03. The molecule has 0 radical (unpaired) electrons. The van der Waals surface area contributed by atoms with Gasteiger partial charge in [0.15, 0.2) is 5.11 Å². The number of guanidine groups is 1. The number of thiocarbonyl (C=S) groups is 1. The van der Waals surface area contributed by atoms with Crippen LogP contribution < -0.4 is 16.0 Å². The Labute approximate surface area is 195 Å². The van der Waals surface area contributed by atoms with Crippen molar-refractivity contribution >= 4 is 29.2 Å². The summed E-state index contributed by atoms with van der Waals surface area (Å²) >= 11 is 5.49. The van der Waals surface area contributed by atoms with Crippen LogP contribution in [-0.2, 0) is 11.2 Å². The third kappa shape index (κ3) is 8.86. The SMILES string of the molecule is Cc1cc(C)nc(NC(=NCCc2ccccc2)NC(=S)NCCCN2CCOCC2)n1. The van der Waals surface area contributed by atoms with Gasteiger partial charge in [0.05, 0.1) is 13.2 Å². The number of nitrogens with zero attached hydrogens (tertiary/aromatic N) is 4. The van der Waals surface area contributed by atoms with E-state index in [1.54, 1.807) is 0 Å². The minimum Gasteiger partial charge on any atom is -0.379 e. The molecule has 1 saturated heterocycles. The molecule has 1 aromatic carbocycles. The highest BCUT2D eigenvalue weighted by Crippen LogP contribution is 2.04. The van der Waals surface area contributed by atoms with E-state index in [-0.39, 0.29) is 0 Å². The molecule has 0 saturated carbocycles. The number of aryl methyl sites for hydroxylation is 2. The Kier molecular flexibility index (Phi) is 9.80. The lowest BCUT2D eigenvalue weighted by molar-refractivity contribution is 0.0376.